The highest BCUT2D eigenvalue weighted by atomic mass is 16.4. The first kappa shape index (κ1) is 15.3. The summed E-state index contributed by atoms with van der Waals surface area (Å²) in [4.78, 5) is 25.4. The Morgan fingerprint density at radius 1 is 1.20 bits per heavy atom. The van der Waals surface area contributed by atoms with E-state index in [1.54, 1.807) is 0 Å². The maximum Gasteiger partial charge on any atom is 0.306 e. The Kier molecular flexibility index (Phi) is 5.40. The van der Waals surface area contributed by atoms with E-state index in [0.29, 0.717) is 31.8 Å². The number of rotatable bonds is 5. The number of carbonyl (C=O) groups excluding carboxylic acids is 1. The van der Waals surface area contributed by atoms with Gasteiger partial charge in [0, 0.05) is 18.5 Å². The molecule has 2 N–H and O–H groups in total. The monoisotopic (exact) mass is 282 g/mol. The summed E-state index contributed by atoms with van der Waals surface area (Å²) < 4.78 is 0. The lowest BCUT2D eigenvalue weighted by atomic mass is 10.0. The second kappa shape index (κ2) is 7.07. The summed E-state index contributed by atoms with van der Waals surface area (Å²) in [6.07, 6.45) is 5.66. The normalized spacial score (nSPS) is 29.1. The highest BCUT2D eigenvalue weighted by molar-refractivity contribution is 5.80. The van der Waals surface area contributed by atoms with Gasteiger partial charge in [-0.05, 0) is 52.1 Å². The van der Waals surface area contributed by atoms with Gasteiger partial charge in [0.2, 0.25) is 5.91 Å². The van der Waals surface area contributed by atoms with Crippen molar-refractivity contribution in [3.8, 4) is 0 Å². The van der Waals surface area contributed by atoms with Crippen molar-refractivity contribution >= 4 is 11.9 Å². The molecule has 1 saturated heterocycles. The van der Waals surface area contributed by atoms with E-state index in [1.165, 1.54) is 19.3 Å². The number of piperidine rings is 1. The molecule has 0 bridgehead atoms. The molecule has 20 heavy (non-hydrogen) atoms. The molecule has 5 heteroatoms. The van der Waals surface area contributed by atoms with E-state index in [-0.39, 0.29) is 17.7 Å². The summed E-state index contributed by atoms with van der Waals surface area (Å²) in [5.41, 5.74) is 0. The van der Waals surface area contributed by atoms with Crippen LogP contribution in [-0.4, -0.2) is 47.6 Å². The van der Waals surface area contributed by atoms with E-state index in [9.17, 15) is 9.59 Å². The lowest BCUT2D eigenvalue weighted by molar-refractivity contribution is -0.141. The molecule has 1 saturated carbocycles. The fourth-order valence-corrected chi connectivity index (χ4v) is 3.32. The van der Waals surface area contributed by atoms with Crippen LogP contribution in [0.1, 0.15) is 45.4 Å². The minimum Gasteiger partial charge on any atom is -0.481 e. The van der Waals surface area contributed by atoms with E-state index in [2.05, 4.69) is 17.1 Å². The Hall–Kier alpha value is -1.10. The fraction of sp³-hybridized carbons (Fsp3) is 0.867. The van der Waals surface area contributed by atoms with Gasteiger partial charge in [0.05, 0.1) is 5.92 Å². The van der Waals surface area contributed by atoms with Crippen LogP contribution in [-0.2, 0) is 9.59 Å². The first-order valence-corrected chi connectivity index (χ1v) is 7.82. The van der Waals surface area contributed by atoms with Crippen molar-refractivity contribution in [2.45, 2.75) is 51.5 Å². The van der Waals surface area contributed by atoms with E-state index < -0.39 is 5.97 Å². The molecule has 2 rings (SSSR count). The highest BCUT2D eigenvalue weighted by Crippen LogP contribution is 2.31. The zero-order valence-electron chi connectivity index (χ0n) is 12.3. The Balaban J connectivity index is 1.71. The summed E-state index contributed by atoms with van der Waals surface area (Å²) in [6, 6.07) is 0.371. The molecule has 1 heterocycles. The second-order valence-electron chi connectivity index (χ2n) is 6.24. The molecule has 0 aromatic heterocycles. The molecule has 114 valence electrons. The van der Waals surface area contributed by atoms with E-state index >= 15 is 0 Å². The van der Waals surface area contributed by atoms with Gasteiger partial charge in [0.15, 0.2) is 0 Å². The third-order valence-corrected chi connectivity index (χ3v) is 4.74. The van der Waals surface area contributed by atoms with Gasteiger partial charge < -0.3 is 10.4 Å². The van der Waals surface area contributed by atoms with Gasteiger partial charge in [-0.2, -0.15) is 0 Å². The van der Waals surface area contributed by atoms with Crippen molar-refractivity contribution in [1.82, 2.24) is 10.2 Å². The molecule has 5 nitrogen and oxygen atoms in total. The molecule has 1 aliphatic heterocycles. The third-order valence-electron chi connectivity index (χ3n) is 4.74. The van der Waals surface area contributed by atoms with Gasteiger partial charge >= 0.3 is 5.97 Å². The van der Waals surface area contributed by atoms with Crippen LogP contribution in [0.2, 0.25) is 0 Å². The maximum atomic E-state index is 12.1. The second-order valence-corrected chi connectivity index (χ2v) is 6.24. The molecule has 1 amide bonds. The van der Waals surface area contributed by atoms with Gasteiger partial charge in [-0.25, -0.2) is 0 Å². The predicted molar refractivity (Wildman–Crippen MR) is 76.4 cm³/mol. The van der Waals surface area contributed by atoms with Crippen LogP contribution in [0.15, 0.2) is 0 Å². The summed E-state index contributed by atoms with van der Waals surface area (Å²) >= 11 is 0. The van der Waals surface area contributed by atoms with Crippen molar-refractivity contribution in [2.75, 3.05) is 19.6 Å². The molecule has 2 aliphatic rings. The number of carbonyl (C=O) groups is 2. The SMILES string of the molecule is CC(CNC(=O)C1CCC(C(=O)O)C1)N1CCCCC1. The van der Waals surface area contributed by atoms with Crippen molar-refractivity contribution in [2.24, 2.45) is 11.8 Å². The van der Waals surface area contributed by atoms with E-state index in [0.717, 1.165) is 13.1 Å². The minimum atomic E-state index is -0.762. The molecule has 0 aromatic rings. The van der Waals surface area contributed by atoms with Crippen molar-refractivity contribution in [1.29, 1.82) is 0 Å². The zero-order valence-corrected chi connectivity index (χ0v) is 12.3. The standard InChI is InChI=1S/C15H26N2O3/c1-11(17-7-3-2-4-8-17)10-16-14(18)12-5-6-13(9-12)15(19)20/h11-13H,2-10H2,1H3,(H,16,18)(H,19,20). The van der Waals surface area contributed by atoms with Gasteiger partial charge in [0.25, 0.3) is 0 Å². The van der Waals surface area contributed by atoms with Crippen LogP contribution >= 0.6 is 0 Å². The average Bonchev–Trinajstić information content (AvgIpc) is 2.95. The molecule has 0 spiro atoms. The number of nitrogens with zero attached hydrogens (tertiary/aromatic N) is 1. The fourth-order valence-electron chi connectivity index (χ4n) is 3.32. The van der Waals surface area contributed by atoms with Gasteiger partial charge in [-0.15, -0.1) is 0 Å². The van der Waals surface area contributed by atoms with Crippen LogP contribution < -0.4 is 5.32 Å². The Bertz CT molecular complexity index is 353. The van der Waals surface area contributed by atoms with Gasteiger partial charge in [-0.1, -0.05) is 6.42 Å². The summed E-state index contributed by atoms with van der Waals surface area (Å²) in [6.45, 7) is 5.08. The Morgan fingerprint density at radius 3 is 2.45 bits per heavy atom. The number of nitrogens with one attached hydrogen (secondary N) is 1. The van der Waals surface area contributed by atoms with Crippen molar-refractivity contribution < 1.29 is 14.7 Å². The molecule has 0 radical (unpaired) electrons. The minimum absolute atomic E-state index is 0.0395. The number of likely N-dealkylation sites (tertiary alicyclic amines) is 1. The highest BCUT2D eigenvalue weighted by Gasteiger charge is 2.33. The van der Waals surface area contributed by atoms with Crippen LogP contribution in [0.25, 0.3) is 0 Å². The van der Waals surface area contributed by atoms with Crippen molar-refractivity contribution in [3.05, 3.63) is 0 Å². The van der Waals surface area contributed by atoms with Crippen molar-refractivity contribution in [3.63, 3.8) is 0 Å². The van der Waals surface area contributed by atoms with Gasteiger partial charge in [0.1, 0.15) is 0 Å². The van der Waals surface area contributed by atoms with Crippen LogP contribution in [0.5, 0.6) is 0 Å². The molecular formula is C15H26N2O3. The third kappa shape index (κ3) is 3.95. The van der Waals surface area contributed by atoms with E-state index in [1.807, 2.05) is 0 Å². The molecule has 2 fully saturated rings. The largest absolute Gasteiger partial charge is 0.481 e. The lowest BCUT2D eigenvalue weighted by Crippen LogP contribution is -2.45. The molecule has 0 aromatic carbocycles. The Morgan fingerprint density at radius 2 is 1.85 bits per heavy atom. The molecule has 3 unspecified atom stereocenters. The first-order valence-electron chi connectivity index (χ1n) is 7.82. The Labute approximate surface area is 120 Å². The van der Waals surface area contributed by atoms with Crippen LogP contribution in [0, 0.1) is 11.8 Å². The van der Waals surface area contributed by atoms with E-state index in [4.69, 9.17) is 5.11 Å². The van der Waals surface area contributed by atoms with Gasteiger partial charge in [-0.3, -0.25) is 14.5 Å². The number of amides is 1. The summed E-state index contributed by atoms with van der Waals surface area (Å²) in [7, 11) is 0. The maximum absolute atomic E-state index is 12.1. The lowest BCUT2D eigenvalue weighted by Gasteiger charge is -2.32. The summed E-state index contributed by atoms with van der Waals surface area (Å²) in [5, 5.41) is 12.0. The number of aliphatic carboxylic acids is 1. The predicted octanol–water partition coefficient (Wildman–Crippen LogP) is 1.48. The number of carboxylic acids is 1. The number of hydrogen-bond acceptors (Lipinski definition) is 3. The molecule has 1 aliphatic carbocycles. The van der Waals surface area contributed by atoms with Crippen LogP contribution in [0.4, 0.5) is 0 Å². The topological polar surface area (TPSA) is 69.6 Å². The quantitative estimate of drug-likeness (QED) is 0.801. The summed E-state index contributed by atoms with van der Waals surface area (Å²) in [5.74, 6) is -1.16. The number of carboxylic acid groups (broad SMARTS) is 1. The zero-order chi connectivity index (χ0) is 14.5. The number of hydrogen-bond donors (Lipinski definition) is 2. The molecular weight excluding hydrogens is 256 g/mol. The average molecular weight is 282 g/mol. The smallest absolute Gasteiger partial charge is 0.306 e. The van der Waals surface area contributed by atoms with Crippen LogP contribution in [0.3, 0.4) is 0 Å². The molecule has 3 atom stereocenters. The first-order chi connectivity index (χ1) is 9.58.